The number of pyridine rings is 1. The molecule has 7 aromatic rings. The van der Waals surface area contributed by atoms with Gasteiger partial charge >= 0.3 is 0 Å². The predicted octanol–water partition coefficient (Wildman–Crippen LogP) is 8.22. The molecule has 4 heterocycles. The van der Waals surface area contributed by atoms with E-state index in [0.29, 0.717) is 0 Å². The van der Waals surface area contributed by atoms with Crippen LogP contribution in [0.15, 0.2) is 109 Å². The van der Waals surface area contributed by atoms with E-state index < -0.39 is 0 Å². The summed E-state index contributed by atoms with van der Waals surface area (Å²) in [7, 11) is 4.25. The van der Waals surface area contributed by atoms with Crippen LogP contribution < -0.4 is 0 Å². The van der Waals surface area contributed by atoms with Gasteiger partial charge in [0.05, 0.1) is 22.1 Å². The molecule has 2 unspecified atom stereocenters. The first kappa shape index (κ1) is 25.7. The average Bonchev–Trinajstić information content (AvgIpc) is 3.56. The van der Waals surface area contributed by atoms with Crippen molar-refractivity contribution in [1.29, 1.82) is 0 Å². The number of rotatable bonds is 2. The lowest BCUT2D eigenvalue weighted by molar-refractivity contribution is 0.717. The maximum absolute atomic E-state index is 5.36. The molecule has 0 saturated carbocycles. The van der Waals surface area contributed by atoms with Gasteiger partial charge in [-0.2, -0.15) is 0 Å². The molecule has 0 amide bonds. The summed E-state index contributed by atoms with van der Waals surface area (Å²) >= 11 is 0. The molecule has 0 fully saturated rings. The monoisotopic (exact) mass is 559 g/mol. The van der Waals surface area contributed by atoms with E-state index in [-0.39, 0.29) is 11.8 Å². The van der Waals surface area contributed by atoms with Gasteiger partial charge in [0.15, 0.2) is 0 Å². The van der Waals surface area contributed by atoms with E-state index in [1.165, 1.54) is 22.3 Å². The predicted molar refractivity (Wildman–Crippen MR) is 174 cm³/mol. The van der Waals surface area contributed by atoms with E-state index >= 15 is 0 Å². The minimum absolute atomic E-state index is 0.0189. The Balaban J connectivity index is 1.38. The lowest BCUT2D eigenvalue weighted by atomic mass is 9.85. The molecule has 0 radical (unpaired) electrons. The van der Waals surface area contributed by atoms with Gasteiger partial charge in [-0.05, 0) is 65.8 Å². The van der Waals surface area contributed by atoms with Gasteiger partial charge in [0.2, 0.25) is 0 Å². The molecule has 1 aliphatic rings. The Kier molecular flexibility index (Phi) is 6.00. The average molecular weight is 560 g/mol. The van der Waals surface area contributed by atoms with Crippen LogP contribution in [0.3, 0.4) is 0 Å². The van der Waals surface area contributed by atoms with Crippen molar-refractivity contribution in [2.75, 3.05) is 0 Å². The first-order valence-corrected chi connectivity index (χ1v) is 15.1. The van der Waals surface area contributed by atoms with Gasteiger partial charge in [-0.1, -0.05) is 85.8 Å². The number of fused-ring (bicyclic) bond motifs is 6. The molecule has 5 heteroatoms. The number of hydrogen-bond acceptors (Lipinski definition) is 3. The fourth-order valence-corrected chi connectivity index (χ4v) is 7.02. The van der Waals surface area contributed by atoms with Crippen molar-refractivity contribution >= 4 is 22.1 Å². The van der Waals surface area contributed by atoms with Gasteiger partial charge in [0.1, 0.15) is 11.6 Å². The standard InChI is InChI=1S/C38H33N5/c1-24-22-26-13-11-19-32(39-26)31(28-15-5-7-17-30(28)37-40-33-18-8-9-20-34(33)42(37)2)23-25-12-10-21-35-36(25)41-38(43(35)3)29-16-6-4-14-27(24)29/h4-21,24,31H,22-23H2,1-3H3. The summed E-state index contributed by atoms with van der Waals surface area (Å²) in [4.78, 5) is 15.8. The van der Waals surface area contributed by atoms with Crippen LogP contribution in [0.1, 0.15) is 46.8 Å². The first-order valence-electron chi connectivity index (χ1n) is 15.1. The summed E-state index contributed by atoms with van der Waals surface area (Å²) in [5.41, 5.74) is 12.6. The lowest BCUT2D eigenvalue weighted by Crippen LogP contribution is -2.12. The summed E-state index contributed by atoms with van der Waals surface area (Å²) < 4.78 is 4.47. The maximum Gasteiger partial charge on any atom is 0.141 e. The normalized spacial score (nSPS) is 16.5. The van der Waals surface area contributed by atoms with Gasteiger partial charge in [-0.25, -0.2) is 9.97 Å². The second-order valence-corrected chi connectivity index (χ2v) is 11.9. The summed E-state index contributed by atoms with van der Waals surface area (Å²) in [6.45, 7) is 2.30. The molecule has 8 rings (SSSR count). The minimum Gasteiger partial charge on any atom is -0.327 e. The third-order valence-electron chi connectivity index (χ3n) is 9.22. The first-order chi connectivity index (χ1) is 21.1. The van der Waals surface area contributed by atoms with Crippen molar-refractivity contribution in [3.63, 3.8) is 0 Å². The molecular weight excluding hydrogens is 526 g/mol. The number of hydrogen-bond donors (Lipinski definition) is 0. The van der Waals surface area contributed by atoms with Gasteiger partial charge in [0, 0.05) is 42.5 Å². The van der Waals surface area contributed by atoms with Crippen molar-refractivity contribution < 1.29 is 0 Å². The molecule has 4 aromatic carbocycles. The van der Waals surface area contributed by atoms with E-state index in [9.17, 15) is 0 Å². The van der Waals surface area contributed by atoms with Crippen molar-refractivity contribution in [3.8, 4) is 22.8 Å². The van der Waals surface area contributed by atoms with Crippen LogP contribution >= 0.6 is 0 Å². The topological polar surface area (TPSA) is 48.5 Å². The van der Waals surface area contributed by atoms with Gasteiger partial charge < -0.3 is 9.13 Å². The van der Waals surface area contributed by atoms with Crippen LogP contribution in [0.2, 0.25) is 0 Å². The zero-order valence-electron chi connectivity index (χ0n) is 24.7. The second kappa shape index (κ2) is 10.1. The largest absolute Gasteiger partial charge is 0.327 e. The molecule has 0 saturated heterocycles. The quantitative estimate of drug-likeness (QED) is 0.214. The lowest BCUT2D eigenvalue weighted by Gasteiger charge is -2.22. The van der Waals surface area contributed by atoms with Crippen molar-refractivity contribution in [2.24, 2.45) is 14.1 Å². The van der Waals surface area contributed by atoms with E-state index in [0.717, 1.165) is 63.5 Å². The highest BCUT2D eigenvalue weighted by Gasteiger charge is 2.26. The third kappa shape index (κ3) is 4.18. The Morgan fingerprint density at radius 3 is 2.07 bits per heavy atom. The molecule has 0 spiro atoms. The Bertz CT molecular complexity index is 2150. The van der Waals surface area contributed by atoms with Crippen molar-refractivity contribution in [3.05, 3.63) is 137 Å². The highest BCUT2D eigenvalue weighted by Crippen LogP contribution is 2.39. The zero-order valence-corrected chi connectivity index (χ0v) is 24.7. The number of aromatic nitrogens is 5. The van der Waals surface area contributed by atoms with Gasteiger partial charge in [-0.15, -0.1) is 0 Å². The number of aryl methyl sites for hydroxylation is 2. The smallest absolute Gasteiger partial charge is 0.141 e. The molecule has 4 bridgehead atoms. The van der Waals surface area contributed by atoms with Gasteiger partial charge in [-0.3, -0.25) is 4.98 Å². The Labute approximate surface area is 251 Å². The van der Waals surface area contributed by atoms with E-state index in [1.807, 2.05) is 0 Å². The molecule has 3 aromatic heterocycles. The number of imidazole rings is 2. The fraction of sp³-hybridized carbons (Fsp3) is 0.184. The highest BCUT2D eigenvalue weighted by molar-refractivity contribution is 5.85. The minimum atomic E-state index is 0.0189. The van der Waals surface area contributed by atoms with Crippen LogP contribution in [0.4, 0.5) is 0 Å². The van der Waals surface area contributed by atoms with E-state index in [1.54, 1.807) is 0 Å². The SMILES string of the molecule is CC1Cc2cccc(n2)C(c2ccccc2-c2nc3ccccc3n2C)Cc2cccc3c2nc(n3C)-c2ccccc21. The summed E-state index contributed by atoms with van der Waals surface area (Å²) in [6, 6.07) is 39.0. The molecule has 43 heavy (non-hydrogen) atoms. The highest BCUT2D eigenvalue weighted by atomic mass is 15.1. The molecule has 1 aliphatic heterocycles. The number of para-hydroxylation sites is 3. The Hall–Kier alpha value is -5.03. The molecule has 0 aliphatic carbocycles. The maximum atomic E-state index is 5.36. The second-order valence-electron chi connectivity index (χ2n) is 11.9. The van der Waals surface area contributed by atoms with Crippen LogP contribution in [-0.2, 0) is 26.9 Å². The number of nitrogens with zero attached hydrogens (tertiary/aromatic N) is 5. The Morgan fingerprint density at radius 1 is 0.581 bits per heavy atom. The van der Waals surface area contributed by atoms with Crippen molar-refractivity contribution in [2.45, 2.75) is 31.6 Å². The van der Waals surface area contributed by atoms with Gasteiger partial charge in [0.25, 0.3) is 0 Å². The van der Waals surface area contributed by atoms with Crippen LogP contribution in [0.5, 0.6) is 0 Å². The fourth-order valence-electron chi connectivity index (χ4n) is 7.02. The molecule has 2 atom stereocenters. The summed E-state index contributed by atoms with van der Waals surface area (Å²) in [5.74, 6) is 2.29. The summed E-state index contributed by atoms with van der Waals surface area (Å²) in [6.07, 6.45) is 1.64. The molecule has 5 nitrogen and oxygen atoms in total. The Morgan fingerprint density at radius 2 is 1.23 bits per heavy atom. The summed E-state index contributed by atoms with van der Waals surface area (Å²) in [5, 5.41) is 0. The molecule has 0 N–H and O–H groups in total. The third-order valence-corrected chi connectivity index (χ3v) is 9.22. The van der Waals surface area contributed by atoms with Crippen molar-refractivity contribution in [1.82, 2.24) is 24.1 Å². The van der Waals surface area contributed by atoms with Crippen LogP contribution in [0.25, 0.3) is 44.8 Å². The molecule has 210 valence electrons. The van der Waals surface area contributed by atoms with E-state index in [2.05, 4.69) is 139 Å². The van der Waals surface area contributed by atoms with E-state index in [4.69, 9.17) is 15.0 Å². The van der Waals surface area contributed by atoms with Crippen LogP contribution in [-0.4, -0.2) is 24.1 Å². The zero-order chi connectivity index (χ0) is 29.1. The van der Waals surface area contributed by atoms with Crippen LogP contribution in [0, 0.1) is 0 Å². The number of benzene rings is 4. The molecular formula is C38H33N5.